The number of aromatic amines is 1. The second-order valence-electron chi connectivity index (χ2n) is 3.93. The zero-order valence-electron chi connectivity index (χ0n) is 10.0. The second kappa shape index (κ2) is 4.79. The number of nitrogens with two attached hydrogens (primary N) is 2. The molecule has 0 unspecified atom stereocenters. The quantitative estimate of drug-likeness (QED) is 0.612. The number of hydrogen-bond donors (Lipinski definition) is 4. The summed E-state index contributed by atoms with van der Waals surface area (Å²) in [6.45, 7) is 2.00. The molecule has 6 N–H and O–H groups in total. The topological polar surface area (TPSA) is 110 Å². The molecule has 2 aromatic rings. The van der Waals surface area contributed by atoms with Crippen molar-refractivity contribution in [2.75, 3.05) is 16.8 Å². The molecule has 2 rings (SSSR count). The Morgan fingerprint density at radius 3 is 2.78 bits per heavy atom. The van der Waals surface area contributed by atoms with Gasteiger partial charge in [0.15, 0.2) is 5.82 Å². The molecule has 94 valence electrons. The van der Waals surface area contributed by atoms with Gasteiger partial charge in [0, 0.05) is 23.1 Å². The van der Waals surface area contributed by atoms with Gasteiger partial charge < -0.3 is 16.8 Å². The smallest absolute Gasteiger partial charge is 0.258 e. The van der Waals surface area contributed by atoms with E-state index in [4.69, 9.17) is 11.5 Å². The van der Waals surface area contributed by atoms with Crippen molar-refractivity contribution in [1.82, 2.24) is 10.2 Å². The van der Waals surface area contributed by atoms with Crippen LogP contribution in [0.1, 0.15) is 23.0 Å². The fourth-order valence-corrected chi connectivity index (χ4v) is 1.58. The minimum atomic E-state index is -0.304. The number of rotatable bonds is 3. The number of aryl methyl sites for hydroxylation is 1. The standard InChI is InChI=1S/C12H15N5O/c1-2-8-6-11(17-16-8)15-12(18)9-4-3-7(13)5-10(9)14/h3-6H,2,13-14H2,1H3,(H2,15,16,17,18). The van der Waals surface area contributed by atoms with Crippen LogP contribution in [-0.2, 0) is 6.42 Å². The lowest BCUT2D eigenvalue weighted by Crippen LogP contribution is -2.14. The monoisotopic (exact) mass is 245 g/mol. The number of carbonyl (C=O) groups is 1. The largest absolute Gasteiger partial charge is 0.399 e. The predicted octanol–water partition coefficient (Wildman–Crippen LogP) is 1.39. The van der Waals surface area contributed by atoms with E-state index < -0.39 is 0 Å². The highest BCUT2D eigenvalue weighted by atomic mass is 16.1. The maximum Gasteiger partial charge on any atom is 0.258 e. The van der Waals surface area contributed by atoms with E-state index in [1.807, 2.05) is 6.92 Å². The van der Waals surface area contributed by atoms with E-state index in [0.29, 0.717) is 22.8 Å². The van der Waals surface area contributed by atoms with Gasteiger partial charge in [-0.3, -0.25) is 9.89 Å². The first-order valence-electron chi connectivity index (χ1n) is 5.60. The third kappa shape index (κ3) is 2.42. The fraction of sp³-hybridized carbons (Fsp3) is 0.167. The van der Waals surface area contributed by atoms with Gasteiger partial charge in [0.25, 0.3) is 5.91 Å². The van der Waals surface area contributed by atoms with Gasteiger partial charge in [0.1, 0.15) is 0 Å². The lowest BCUT2D eigenvalue weighted by molar-refractivity contribution is 0.102. The molecule has 0 aliphatic heterocycles. The predicted molar refractivity (Wildman–Crippen MR) is 71.2 cm³/mol. The summed E-state index contributed by atoms with van der Waals surface area (Å²) in [5.74, 6) is 0.176. The lowest BCUT2D eigenvalue weighted by atomic mass is 10.1. The van der Waals surface area contributed by atoms with Crippen LogP contribution < -0.4 is 16.8 Å². The minimum Gasteiger partial charge on any atom is -0.399 e. The summed E-state index contributed by atoms with van der Waals surface area (Å²) in [5.41, 5.74) is 13.5. The average Bonchev–Trinajstić information content (AvgIpc) is 2.76. The van der Waals surface area contributed by atoms with Crippen LogP contribution in [0.3, 0.4) is 0 Å². The number of anilines is 3. The first-order chi connectivity index (χ1) is 8.60. The number of hydrogen-bond acceptors (Lipinski definition) is 4. The number of nitrogen functional groups attached to an aromatic ring is 2. The van der Waals surface area contributed by atoms with Gasteiger partial charge in [-0.1, -0.05) is 6.92 Å². The van der Waals surface area contributed by atoms with E-state index in [-0.39, 0.29) is 5.91 Å². The fourth-order valence-electron chi connectivity index (χ4n) is 1.58. The molecule has 1 amide bonds. The minimum absolute atomic E-state index is 0.304. The number of H-pyrrole nitrogens is 1. The number of carbonyl (C=O) groups excluding carboxylic acids is 1. The van der Waals surface area contributed by atoms with Crippen LogP contribution in [0.4, 0.5) is 17.2 Å². The van der Waals surface area contributed by atoms with E-state index in [9.17, 15) is 4.79 Å². The van der Waals surface area contributed by atoms with Crippen molar-refractivity contribution in [3.8, 4) is 0 Å². The summed E-state index contributed by atoms with van der Waals surface area (Å²) in [4.78, 5) is 12.0. The summed E-state index contributed by atoms with van der Waals surface area (Å²) < 4.78 is 0. The van der Waals surface area contributed by atoms with Crippen LogP contribution in [0.25, 0.3) is 0 Å². The molecule has 0 spiro atoms. The van der Waals surface area contributed by atoms with Crippen molar-refractivity contribution >= 4 is 23.1 Å². The Hall–Kier alpha value is -2.50. The Labute approximate surface area is 104 Å². The Balaban J connectivity index is 2.16. The van der Waals surface area contributed by atoms with Gasteiger partial charge in [-0.05, 0) is 24.6 Å². The third-order valence-electron chi connectivity index (χ3n) is 2.57. The highest BCUT2D eigenvalue weighted by Crippen LogP contribution is 2.17. The molecule has 18 heavy (non-hydrogen) atoms. The molecule has 0 saturated carbocycles. The van der Waals surface area contributed by atoms with Gasteiger partial charge in [0.2, 0.25) is 0 Å². The molecule has 0 fully saturated rings. The van der Waals surface area contributed by atoms with Crippen LogP contribution in [0, 0.1) is 0 Å². The zero-order valence-corrected chi connectivity index (χ0v) is 10.0. The molecule has 0 aliphatic carbocycles. The molecule has 6 nitrogen and oxygen atoms in total. The third-order valence-corrected chi connectivity index (χ3v) is 2.57. The Morgan fingerprint density at radius 1 is 1.39 bits per heavy atom. The second-order valence-corrected chi connectivity index (χ2v) is 3.93. The highest BCUT2D eigenvalue weighted by molar-refractivity contribution is 6.07. The Kier molecular flexibility index (Phi) is 3.18. The van der Waals surface area contributed by atoms with Gasteiger partial charge in [-0.25, -0.2) is 0 Å². The van der Waals surface area contributed by atoms with E-state index in [0.717, 1.165) is 12.1 Å². The van der Waals surface area contributed by atoms with Crippen molar-refractivity contribution in [2.24, 2.45) is 0 Å². The van der Waals surface area contributed by atoms with Crippen LogP contribution in [0.15, 0.2) is 24.3 Å². The zero-order chi connectivity index (χ0) is 13.1. The maximum absolute atomic E-state index is 12.0. The molecule has 0 aliphatic rings. The summed E-state index contributed by atoms with van der Waals surface area (Å²) in [7, 11) is 0. The Bertz CT molecular complexity index is 576. The number of benzene rings is 1. The lowest BCUT2D eigenvalue weighted by Gasteiger charge is -2.05. The number of nitrogens with zero attached hydrogens (tertiary/aromatic N) is 1. The average molecular weight is 245 g/mol. The molecule has 0 saturated heterocycles. The van der Waals surface area contributed by atoms with Crippen molar-refractivity contribution in [3.05, 3.63) is 35.5 Å². The van der Waals surface area contributed by atoms with Gasteiger partial charge in [-0.2, -0.15) is 5.10 Å². The maximum atomic E-state index is 12.0. The normalized spacial score (nSPS) is 10.3. The highest BCUT2D eigenvalue weighted by Gasteiger charge is 2.11. The first-order valence-corrected chi connectivity index (χ1v) is 5.60. The van der Waals surface area contributed by atoms with Gasteiger partial charge in [-0.15, -0.1) is 0 Å². The number of nitrogens with one attached hydrogen (secondary N) is 2. The van der Waals surface area contributed by atoms with Crippen LogP contribution in [0.2, 0.25) is 0 Å². The van der Waals surface area contributed by atoms with E-state index in [1.165, 1.54) is 0 Å². The molecule has 0 atom stereocenters. The van der Waals surface area contributed by atoms with Crippen LogP contribution in [-0.4, -0.2) is 16.1 Å². The van der Waals surface area contributed by atoms with Gasteiger partial charge >= 0.3 is 0 Å². The molecular formula is C12H15N5O. The van der Waals surface area contributed by atoms with E-state index in [1.54, 1.807) is 24.3 Å². The van der Waals surface area contributed by atoms with E-state index >= 15 is 0 Å². The first kappa shape index (κ1) is 12.0. The van der Waals surface area contributed by atoms with Crippen molar-refractivity contribution in [2.45, 2.75) is 13.3 Å². The molecule has 0 radical (unpaired) electrons. The summed E-state index contributed by atoms with van der Waals surface area (Å²) in [5, 5.41) is 9.47. The molecule has 1 aromatic carbocycles. The summed E-state index contributed by atoms with van der Waals surface area (Å²) in [6.07, 6.45) is 0.826. The van der Waals surface area contributed by atoms with Crippen molar-refractivity contribution in [3.63, 3.8) is 0 Å². The van der Waals surface area contributed by atoms with Gasteiger partial charge in [0.05, 0.1) is 5.56 Å². The van der Waals surface area contributed by atoms with Crippen molar-refractivity contribution < 1.29 is 4.79 Å². The molecule has 1 aromatic heterocycles. The summed E-state index contributed by atoms with van der Waals surface area (Å²) in [6, 6.07) is 6.56. The van der Waals surface area contributed by atoms with Crippen LogP contribution in [0.5, 0.6) is 0 Å². The van der Waals surface area contributed by atoms with E-state index in [2.05, 4.69) is 15.5 Å². The van der Waals surface area contributed by atoms with Crippen molar-refractivity contribution in [1.29, 1.82) is 0 Å². The SMILES string of the molecule is CCc1cc(NC(=O)c2ccc(N)cc2N)n[nH]1. The molecular weight excluding hydrogens is 230 g/mol. The molecule has 6 heteroatoms. The number of aromatic nitrogens is 2. The molecule has 1 heterocycles. The Morgan fingerprint density at radius 2 is 2.17 bits per heavy atom. The molecule has 0 bridgehead atoms. The number of amides is 1. The summed E-state index contributed by atoms with van der Waals surface area (Å²) >= 11 is 0. The van der Waals surface area contributed by atoms with Crippen LogP contribution >= 0.6 is 0 Å².